The van der Waals surface area contributed by atoms with E-state index in [2.05, 4.69) is 22.9 Å². The van der Waals surface area contributed by atoms with Crippen LogP contribution >= 0.6 is 0 Å². The van der Waals surface area contributed by atoms with Gasteiger partial charge in [0.2, 0.25) is 17.7 Å². The zero-order chi connectivity index (χ0) is 20.9. The van der Waals surface area contributed by atoms with E-state index in [1.807, 2.05) is 17.0 Å². The van der Waals surface area contributed by atoms with E-state index in [-0.39, 0.29) is 11.8 Å². The number of anilines is 1. The Kier molecular flexibility index (Phi) is 6.67. The number of piperidine rings is 3. The number of hydrogen-bond donors (Lipinski definition) is 2. The Balaban J connectivity index is 1.27. The normalized spacial score (nSPS) is 21.7. The van der Waals surface area contributed by atoms with Gasteiger partial charge in [-0.05, 0) is 74.7 Å². The van der Waals surface area contributed by atoms with Gasteiger partial charge in [-0.15, -0.1) is 0 Å². The van der Waals surface area contributed by atoms with Gasteiger partial charge in [-0.1, -0.05) is 12.1 Å². The molecule has 3 aliphatic heterocycles. The summed E-state index contributed by atoms with van der Waals surface area (Å²) in [4.78, 5) is 38.6. The maximum atomic E-state index is 12.6. The lowest BCUT2D eigenvalue weighted by molar-refractivity contribution is -0.146. The summed E-state index contributed by atoms with van der Waals surface area (Å²) in [7, 11) is 0. The second-order valence-corrected chi connectivity index (χ2v) is 8.76. The standard InChI is InChI=1S/C23H32N4O3/c28-21-2-1-3-22(29)27(21)25-20-6-4-18(5-7-20)19-10-14-26(15-11-19)23(30)16-17-8-12-24-13-9-17/h4-7,17,19,24-25H,1-3,8-16H2. The number of amides is 3. The number of carbonyl (C=O) groups is 3. The fraction of sp³-hybridized carbons (Fsp3) is 0.609. The molecule has 30 heavy (non-hydrogen) atoms. The Bertz CT molecular complexity index is 749. The fourth-order valence-corrected chi connectivity index (χ4v) is 4.76. The van der Waals surface area contributed by atoms with Crippen LogP contribution in [0.1, 0.15) is 62.8 Å². The zero-order valence-corrected chi connectivity index (χ0v) is 17.6. The van der Waals surface area contributed by atoms with Gasteiger partial charge >= 0.3 is 0 Å². The monoisotopic (exact) mass is 412 g/mol. The third-order valence-electron chi connectivity index (χ3n) is 6.67. The van der Waals surface area contributed by atoms with Gasteiger partial charge in [0.1, 0.15) is 0 Å². The minimum atomic E-state index is -0.170. The summed E-state index contributed by atoms with van der Waals surface area (Å²) in [6.45, 7) is 3.71. The third-order valence-corrected chi connectivity index (χ3v) is 6.67. The number of nitrogens with one attached hydrogen (secondary N) is 2. The lowest BCUT2D eigenvalue weighted by Gasteiger charge is -2.34. The van der Waals surface area contributed by atoms with Gasteiger partial charge in [0, 0.05) is 32.4 Å². The maximum Gasteiger partial charge on any atom is 0.248 e. The van der Waals surface area contributed by atoms with E-state index in [9.17, 15) is 14.4 Å². The predicted octanol–water partition coefficient (Wildman–Crippen LogP) is 2.65. The van der Waals surface area contributed by atoms with E-state index in [1.165, 1.54) is 5.56 Å². The van der Waals surface area contributed by atoms with Crippen molar-refractivity contribution in [1.82, 2.24) is 15.2 Å². The molecule has 0 aliphatic carbocycles. The molecule has 3 saturated heterocycles. The van der Waals surface area contributed by atoms with E-state index >= 15 is 0 Å². The third kappa shape index (κ3) is 5.01. The quantitative estimate of drug-likeness (QED) is 0.727. The number of hydrogen-bond acceptors (Lipinski definition) is 5. The van der Waals surface area contributed by atoms with Crippen LogP contribution in [0.4, 0.5) is 5.69 Å². The summed E-state index contributed by atoms with van der Waals surface area (Å²) >= 11 is 0. The molecule has 0 unspecified atom stereocenters. The minimum Gasteiger partial charge on any atom is -0.343 e. The van der Waals surface area contributed by atoms with Gasteiger partial charge in [-0.3, -0.25) is 19.8 Å². The van der Waals surface area contributed by atoms with Crippen LogP contribution in [0.25, 0.3) is 0 Å². The molecule has 7 nitrogen and oxygen atoms in total. The molecule has 3 amide bonds. The van der Waals surface area contributed by atoms with Gasteiger partial charge in [0.15, 0.2) is 0 Å². The lowest BCUT2D eigenvalue weighted by Crippen LogP contribution is -2.44. The summed E-state index contributed by atoms with van der Waals surface area (Å²) in [6, 6.07) is 8.00. The van der Waals surface area contributed by atoms with Gasteiger partial charge in [0.25, 0.3) is 0 Å². The number of benzene rings is 1. The molecular weight excluding hydrogens is 380 g/mol. The summed E-state index contributed by atoms with van der Waals surface area (Å²) in [5.74, 6) is 0.958. The van der Waals surface area contributed by atoms with Crippen LogP contribution in [-0.4, -0.2) is 53.8 Å². The van der Waals surface area contributed by atoms with Crippen LogP contribution in [-0.2, 0) is 14.4 Å². The van der Waals surface area contributed by atoms with E-state index < -0.39 is 0 Å². The highest BCUT2D eigenvalue weighted by molar-refractivity contribution is 5.98. The highest BCUT2D eigenvalue weighted by Crippen LogP contribution is 2.30. The molecular formula is C23H32N4O3. The molecule has 0 saturated carbocycles. The topological polar surface area (TPSA) is 81.8 Å². The van der Waals surface area contributed by atoms with Crippen molar-refractivity contribution in [2.24, 2.45) is 5.92 Å². The first-order chi connectivity index (χ1) is 14.6. The van der Waals surface area contributed by atoms with E-state index in [0.29, 0.717) is 43.4 Å². The Hall–Kier alpha value is -2.41. The van der Waals surface area contributed by atoms with Crippen LogP contribution in [0.5, 0.6) is 0 Å². The molecule has 2 N–H and O–H groups in total. The van der Waals surface area contributed by atoms with E-state index in [1.54, 1.807) is 0 Å². The lowest BCUT2D eigenvalue weighted by atomic mass is 9.88. The van der Waals surface area contributed by atoms with Gasteiger partial charge in [0.05, 0.1) is 5.69 Å². The molecule has 3 heterocycles. The average Bonchev–Trinajstić information content (AvgIpc) is 2.78. The summed E-state index contributed by atoms with van der Waals surface area (Å²) in [5, 5.41) is 4.50. The van der Waals surface area contributed by atoms with Crippen molar-refractivity contribution in [1.29, 1.82) is 0 Å². The Morgan fingerprint density at radius 3 is 2.23 bits per heavy atom. The number of likely N-dealkylation sites (tertiary alicyclic amines) is 1. The summed E-state index contributed by atoms with van der Waals surface area (Å²) in [6.07, 6.45) is 6.32. The van der Waals surface area contributed by atoms with Crippen molar-refractivity contribution in [3.8, 4) is 0 Å². The fourth-order valence-electron chi connectivity index (χ4n) is 4.76. The Morgan fingerprint density at radius 2 is 1.60 bits per heavy atom. The first-order valence-corrected chi connectivity index (χ1v) is 11.3. The molecule has 1 aromatic carbocycles. The molecule has 3 fully saturated rings. The minimum absolute atomic E-state index is 0.170. The zero-order valence-electron chi connectivity index (χ0n) is 17.6. The molecule has 3 aliphatic rings. The SMILES string of the molecule is O=C(CC1CCNCC1)N1CCC(c2ccc(NN3C(=O)CCCC3=O)cc2)CC1. The summed E-state index contributed by atoms with van der Waals surface area (Å²) in [5.41, 5.74) is 4.95. The van der Waals surface area contributed by atoms with Gasteiger partial charge < -0.3 is 10.2 Å². The molecule has 0 radical (unpaired) electrons. The van der Waals surface area contributed by atoms with Crippen molar-refractivity contribution in [3.63, 3.8) is 0 Å². The van der Waals surface area contributed by atoms with Gasteiger partial charge in [-0.2, -0.15) is 5.01 Å². The van der Waals surface area contributed by atoms with Crippen LogP contribution in [0.2, 0.25) is 0 Å². The molecule has 162 valence electrons. The van der Waals surface area contributed by atoms with E-state index in [0.717, 1.165) is 62.6 Å². The number of carbonyl (C=O) groups excluding carboxylic acids is 3. The van der Waals surface area contributed by atoms with Crippen molar-refractivity contribution >= 4 is 23.4 Å². The maximum absolute atomic E-state index is 12.6. The summed E-state index contributed by atoms with van der Waals surface area (Å²) < 4.78 is 0. The van der Waals surface area contributed by atoms with E-state index in [4.69, 9.17) is 0 Å². The predicted molar refractivity (Wildman–Crippen MR) is 115 cm³/mol. The Labute approximate surface area is 178 Å². The molecule has 0 bridgehead atoms. The molecule has 0 aromatic heterocycles. The second kappa shape index (κ2) is 9.60. The van der Waals surface area contributed by atoms with Crippen LogP contribution in [0, 0.1) is 5.92 Å². The van der Waals surface area contributed by atoms with Crippen molar-refractivity contribution in [2.75, 3.05) is 31.6 Å². The highest BCUT2D eigenvalue weighted by Gasteiger charge is 2.27. The smallest absolute Gasteiger partial charge is 0.248 e. The van der Waals surface area contributed by atoms with Crippen LogP contribution < -0.4 is 10.7 Å². The first-order valence-electron chi connectivity index (χ1n) is 11.3. The number of imide groups is 1. The Morgan fingerprint density at radius 1 is 0.967 bits per heavy atom. The molecule has 0 spiro atoms. The van der Waals surface area contributed by atoms with Crippen LogP contribution in [0.15, 0.2) is 24.3 Å². The average molecular weight is 413 g/mol. The van der Waals surface area contributed by atoms with Gasteiger partial charge in [-0.25, -0.2) is 0 Å². The molecule has 1 aromatic rings. The van der Waals surface area contributed by atoms with Crippen molar-refractivity contribution in [2.45, 2.75) is 57.3 Å². The molecule has 7 heteroatoms. The largest absolute Gasteiger partial charge is 0.343 e. The number of hydrazine groups is 1. The number of nitrogens with zero attached hydrogens (tertiary/aromatic N) is 2. The molecule has 0 atom stereocenters. The van der Waals surface area contributed by atoms with Crippen molar-refractivity contribution < 1.29 is 14.4 Å². The van der Waals surface area contributed by atoms with Crippen LogP contribution in [0.3, 0.4) is 0 Å². The molecule has 4 rings (SSSR count). The first kappa shape index (κ1) is 20.8. The second-order valence-electron chi connectivity index (χ2n) is 8.76. The van der Waals surface area contributed by atoms with Crippen molar-refractivity contribution in [3.05, 3.63) is 29.8 Å². The number of rotatable bonds is 5. The highest BCUT2D eigenvalue weighted by atomic mass is 16.2.